The van der Waals surface area contributed by atoms with E-state index in [0.29, 0.717) is 29.5 Å². The maximum absolute atomic E-state index is 12.2. The van der Waals surface area contributed by atoms with Crippen molar-refractivity contribution in [3.63, 3.8) is 0 Å². The molecule has 4 nitrogen and oxygen atoms in total. The van der Waals surface area contributed by atoms with Crippen molar-refractivity contribution in [2.24, 2.45) is 4.40 Å². The van der Waals surface area contributed by atoms with E-state index in [1.807, 2.05) is 26.8 Å². The predicted molar refractivity (Wildman–Crippen MR) is 82.5 cm³/mol. The lowest BCUT2D eigenvalue weighted by atomic mass is 10.0. The van der Waals surface area contributed by atoms with Gasteiger partial charge in [-0.05, 0) is 26.8 Å². The molecule has 0 radical (unpaired) electrons. The molecule has 0 N–H and O–H groups in total. The van der Waals surface area contributed by atoms with Crippen LogP contribution in [0.4, 0.5) is 0 Å². The van der Waals surface area contributed by atoms with Crippen molar-refractivity contribution >= 4 is 28.3 Å². The molecule has 20 heavy (non-hydrogen) atoms. The highest BCUT2D eigenvalue weighted by Crippen LogP contribution is 2.37. The molecule has 1 aromatic carbocycles. The first-order valence-corrected chi connectivity index (χ1v) is 7.81. The van der Waals surface area contributed by atoms with Gasteiger partial charge in [-0.15, -0.1) is 0 Å². The highest BCUT2D eigenvalue weighted by molar-refractivity contribution is 7.85. The second-order valence-electron chi connectivity index (χ2n) is 5.48. The summed E-state index contributed by atoms with van der Waals surface area (Å²) < 4.78 is 27.0. The van der Waals surface area contributed by atoms with Gasteiger partial charge in [-0.1, -0.05) is 11.6 Å². The molecule has 0 fully saturated rings. The van der Waals surface area contributed by atoms with Crippen LogP contribution in [0.1, 0.15) is 32.8 Å². The number of nitrogens with zero attached hydrogens (tertiary/aromatic N) is 1. The first kappa shape index (κ1) is 15.3. The number of ether oxygens (including phenoxy) is 2. The number of benzene rings is 1. The van der Waals surface area contributed by atoms with Crippen LogP contribution >= 0.6 is 11.6 Å². The summed E-state index contributed by atoms with van der Waals surface area (Å²) in [7, 11) is 0.266. The Morgan fingerprint density at radius 3 is 2.70 bits per heavy atom. The summed E-state index contributed by atoms with van der Waals surface area (Å²) in [5.41, 5.74) is 1.51. The van der Waals surface area contributed by atoms with Crippen molar-refractivity contribution in [3.05, 3.63) is 22.7 Å². The Labute approximate surface area is 126 Å². The molecular formula is C14H18ClNO3S. The van der Waals surface area contributed by atoms with Crippen molar-refractivity contribution < 1.29 is 13.7 Å². The molecule has 1 atom stereocenters. The molecule has 110 valence electrons. The van der Waals surface area contributed by atoms with Crippen molar-refractivity contribution in [1.82, 2.24) is 0 Å². The monoisotopic (exact) mass is 315 g/mol. The lowest BCUT2D eigenvalue weighted by molar-refractivity contribution is 0.319. The quantitative estimate of drug-likeness (QED) is 0.840. The number of halogens is 1. The minimum atomic E-state index is -1.31. The summed E-state index contributed by atoms with van der Waals surface area (Å²) in [6, 6.07) is 3.52. The van der Waals surface area contributed by atoms with E-state index < -0.39 is 15.7 Å². The van der Waals surface area contributed by atoms with Crippen molar-refractivity contribution in [1.29, 1.82) is 0 Å². The van der Waals surface area contributed by atoms with Crippen LogP contribution in [0.5, 0.6) is 11.5 Å². The average Bonchev–Trinajstić information content (AvgIpc) is 2.38. The number of rotatable bonds is 2. The molecule has 0 aliphatic carbocycles. The van der Waals surface area contributed by atoms with Gasteiger partial charge in [-0.2, -0.15) is 4.40 Å². The van der Waals surface area contributed by atoms with Crippen LogP contribution < -0.4 is 9.47 Å². The molecule has 0 amide bonds. The first-order valence-electron chi connectivity index (χ1n) is 6.33. The molecule has 1 aromatic rings. The third kappa shape index (κ3) is 3.15. The maximum atomic E-state index is 12.2. The van der Waals surface area contributed by atoms with E-state index in [-0.39, 0.29) is 0 Å². The molecule has 2 rings (SSSR count). The van der Waals surface area contributed by atoms with Gasteiger partial charge in [0, 0.05) is 18.1 Å². The summed E-state index contributed by atoms with van der Waals surface area (Å²) in [4.78, 5) is 0. The standard InChI is InChI=1S/C14H18ClNO3S/c1-14(2,3)20(17)16-12-5-6-19-13-10(12)7-9(18-4)8-11(13)15/h7-8H,5-6H2,1-4H3/b16-12+/t20-/m1/s1. The molecule has 1 aliphatic heterocycles. The van der Waals surface area contributed by atoms with Gasteiger partial charge in [-0.3, -0.25) is 0 Å². The molecule has 0 spiro atoms. The minimum Gasteiger partial charge on any atom is -0.497 e. The Balaban J connectivity index is 2.49. The summed E-state index contributed by atoms with van der Waals surface area (Å²) in [5, 5.41) is 0.480. The van der Waals surface area contributed by atoms with Crippen molar-refractivity contribution in [2.75, 3.05) is 13.7 Å². The third-order valence-electron chi connectivity index (χ3n) is 2.87. The zero-order chi connectivity index (χ0) is 14.9. The van der Waals surface area contributed by atoms with Crippen LogP contribution in [0, 0.1) is 0 Å². The van der Waals surface area contributed by atoms with E-state index in [1.165, 1.54) is 0 Å². The fourth-order valence-corrected chi connectivity index (χ4v) is 2.69. The van der Waals surface area contributed by atoms with Gasteiger partial charge >= 0.3 is 0 Å². The van der Waals surface area contributed by atoms with Gasteiger partial charge in [0.05, 0.1) is 29.2 Å². The Bertz CT molecular complexity index is 579. The van der Waals surface area contributed by atoms with Crippen LogP contribution in [0.2, 0.25) is 5.02 Å². The average molecular weight is 316 g/mol. The highest BCUT2D eigenvalue weighted by Gasteiger charge is 2.25. The fourth-order valence-electron chi connectivity index (χ4n) is 1.76. The maximum Gasteiger partial charge on any atom is 0.147 e. The van der Waals surface area contributed by atoms with Crippen LogP contribution in [-0.4, -0.2) is 28.4 Å². The Kier molecular flexibility index (Phi) is 4.39. The molecule has 0 saturated carbocycles. The largest absolute Gasteiger partial charge is 0.497 e. The van der Waals surface area contributed by atoms with E-state index in [2.05, 4.69) is 4.40 Å². The van der Waals surface area contributed by atoms with E-state index >= 15 is 0 Å². The molecule has 0 saturated heterocycles. The summed E-state index contributed by atoms with van der Waals surface area (Å²) in [6.07, 6.45) is 0.609. The van der Waals surface area contributed by atoms with Gasteiger partial charge in [0.25, 0.3) is 0 Å². The smallest absolute Gasteiger partial charge is 0.147 e. The predicted octanol–water partition coefficient (Wildman–Crippen LogP) is 3.38. The second kappa shape index (κ2) is 5.74. The van der Waals surface area contributed by atoms with E-state index in [4.69, 9.17) is 21.1 Å². The first-order chi connectivity index (χ1) is 9.32. The summed E-state index contributed by atoms with van der Waals surface area (Å²) in [5.74, 6) is 1.22. The van der Waals surface area contributed by atoms with Gasteiger partial charge < -0.3 is 9.47 Å². The number of hydrogen-bond donors (Lipinski definition) is 0. The topological polar surface area (TPSA) is 47.9 Å². The van der Waals surface area contributed by atoms with Crippen molar-refractivity contribution in [3.8, 4) is 11.5 Å². The number of hydrogen-bond acceptors (Lipinski definition) is 3. The molecule has 1 heterocycles. The fraction of sp³-hybridized carbons (Fsp3) is 0.500. The minimum absolute atomic E-state index is 0.395. The summed E-state index contributed by atoms with van der Waals surface area (Å²) >= 11 is 6.18. The molecule has 0 aromatic heterocycles. The van der Waals surface area contributed by atoms with Crippen LogP contribution in [0.25, 0.3) is 0 Å². The Hall–Kier alpha value is -1.07. The zero-order valence-electron chi connectivity index (χ0n) is 12.0. The Morgan fingerprint density at radius 2 is 2.10 bits per heavy atom. The van der Waals surface area contributed by atoms with E-state index in [0.717, 1.165) is 11.3 Å². The summed E-state index contributed by atoms with van der Waals surface area (Å²) in [6.45, 7) is 6.17. The van der Waals surface area contributed by atoms with Crippen LogP contribution in [-0.2, 0) is 11.0 Å². The molecule has 1 aliphatic rings. The van der Waals surface area contributed by atoms with Crippen LogP contribution in [0.15, 0.2) is 16.5 Å². The number of methoxy groups -OCH3 is 1. The van der Waals surface area contributed by atoms with Crippen LogP contribution in [0.3, 0.4) is 0 Å². The van der Waals surface area contributed by atoms with Gasteiger partial charge in [0.2, 0.25) is 0 Å². The van der Waals surface area contributed by atoms with E-state index in [9.17, 15) is 4.21 Å². The SMILES string of the molecule is COc1cc(Cl)c2c(c1)/C(=N/[S@](=O)C(C)(C)C)CCO2. The van der Waals surface area contributed by atoms with Gasteiger partial charge in [-0.25, -0.2) is 4.21 Å². The molecule has 0 unspecified atom stereocenters. The second-order valence-corrected chi connectivity index (χ2v) is 7.80. The van der Waals surface area contributed by atoms with Gasteiger partial charge in [0.15, 0.2) is 0 Å². The lowest BCUT2D eigenvalue weighted by Gasteiger charge is -2.22. The number of fused-ring (bicyclic) bond motifs is 1. The van der Waals surface area contributed by atoms with Gasteiger partial charge in [0.1, 0.15) is 22.5 Å². The molecule has 6 heteroatoms. The van der Waals surface area contributed by atoms with Crippen molar-refractivity contribution in [2.45, 2.75) is 31.9 Å². The lowest BCUT2D eigenvalue weighted by Crippen LogP contribution is -2.23. The molecular weight excluding hydrogens is 298 g/mol. The molecule has 0 bridgehead atoms. The highest BCUT2D eigenvalue weighted by atomic mass is 35.5. The zero-order valence-corrected chi connectivity index (χ0v) is 13.6. The Morgan fingerprint density at radius 1 is 1.40 bits per heavy atom. The van der Waals surface area contributed by atoms with E-state index in [1.54, 1.807) is 13.2 Å². The normalized spacial score (nSPS) is 18.4. The third-order valence-corrected chi connectivity index (χ3v) is 4.58.